The number of nitrogens with two attached hydrogens (primary N) is 1. The van der Waals surface area contributed by atoms with Crippen molar-refractivity contribution < 1.29 is 0 Å². The van der Waals surface area contributed by atoms with Gasteiger partial charge in [0.1, 0.15) is 17.2 Å². The standard InChI is InChI=1S/C12H19ClN4/c1-3-8-4-5-9(7(8)2)17-12-10(13)11(14)15-6-16-12/h6-9H,3-5H2,1-2H3,(H3,14,15,16,17). The lowest BCUT2D eigenvalue weighted by molar-refractivity contribution is 0.391. The second-order valence-corrected chi connectivity index (χ2v) is 5.16. The molecule has 1 aromatic heterocycles. The Bertz CT molecular complexity index is 396. The third-order valence-electron chi connectivity index (χ3n) is 3.89. The van der Waals surface area contributed by atoms with Crippen LogP contribution < -0.4 is 11.1 Å². The Kier molecular flexibility index (Phi) is 3.72. The Morgan fingerprint density at radius 2 is 2.24 bits per heavy atom. The van der Waals surface area contributed by atoms with Crippen LogP contribution in [0.1, 0.15) is 33.1 Å². The highest BCUT2D eigenvalue weighted by Gasteiger charge is 2.32. The summed E-state index contributed by atoms with van der Waals surface area (Å²) in [7, 11) is 0. The van der Waals surface area contributed by atoms with Crippen molar-refractivity contribution in [1.29, 1.82) is 0 Å². The molecular formula is C12H19ClN4. The van der Waals surface area contributed by atoms with Crippen LogP contribution in [0.2, 0.25) is 5.02 Å². The van der Waals surface area contributed by atoms with Gasteiger partial charge < -0.3 is 11.1 Å². The van der Waals surface area contributed by atoms with Gasteiger partial charge in [-0.15, -0.1) is 0 Å². The van der Waals surface area contributed by atoms with E-state index in [2.05, 4.69) is 29.1 Å². The Balaban J connectivity index is 2.09. The first-order valence-corrected chi connectivity index (χ1v) is 6.53. The Morgan fingerprint density at radius 3 is 2.88 bits per heavy atom. The second-order valence-electron chi connectivity index (χ2n) is 4.78. The van der Waals surface area contributed by atoms with Gasteiger partial charge in [0.25, 0.3) is 0 Å². The lowest BCUT2D eigenvalue weighted by Gasteiger charge is -2.21. The van der Waals surface area contributed by atoms with Crippen molar-refractivity contribution in [3.8, 4) is 0 Å². The lowest BCUT2D eigenvalue weighted by atomic mass is 9.93. The predicted molar refractivity (Wildman–Crippen MR) is 71.0 cm³/mol. The summed E-state index contributed by atoms with van der Waals surface area (Å²) >= 11 is 6.08. The minimum Gasteiger partial charge on any atom is -0.382 e. The number of hydrogen-bond donors (Lipinski definition) is 2. The van der Waals surface area contributed by atoms with Crippen molar-refractivity contribution in [2.24, 2.45) is 11.8 Å². The smallest absolute Gasteiger partial charge is 0.150 e. The largest absolute Gasteiger partial charge is 0.382 e. The summed E-state index contributed by atoms with van der Waals surface area (Å²) in [5, 5.41) is 3.83. The summed E-state index contributed by atoms with van der Waals surface area (Å²) in [5.41, 5.74) is 5.66. The quantitative estimate of drug-likeness (QED) is 0.871. The first-order chi connectivity index (χ1) is 8.13. The van der Waals surface area contributed by atoms with Gasteiger partial charge in [0, 0.05) is 6.04 Å². The van der Waals surface area contributed by atoms with Gasteiger partial charge in [-0.2, -0.15) is 0 Å². The summed E-state index contributed by atoms with van der Waals surface area (Å²) in [6.07, 6.45) is 5.12. The molecule has 1 saturated carbocycles. The average Bonchev–Trinajstić information content (AvgIpc) is 2.66. The number of nitrogen functional groups attached to an aromatic ring is 1. The highest BCUT2D eigenvalue weighted by molar-refractivity contribution is 6.35. The van der Waals surface area contributed by atoms with Crippen LogP contribution >= 0.6 is 11.6 Å². The summed E-state index contributed by atoms with van der Waals surface area (Å²) < 4.78 is 0. The molecule has 0 saturated heterocycles. The minimum absolute atomic E-state index is 0.335. The fourth-order valence-electron chi connectivity index (χ4n) is 2.69. The summed E-state index contributed by atoms with van der Waals surface area (Å²) in [5.74, 6) is 2.44. The van der Waals surface area contributed by atoms with E-state index in [-0.39, 0.29) is 0 Å². The average molecular weight is 255 g/mol. The Labute approximate surface area is 107 Å². The second kappa shape index (κ2) is 5.08. The number of halogens is 1. The number of aromatic nitrogens is 2. The van der Waals surface area contributed by atoms with E-state index in [1.165, 1.54) is 25.6 Å². The van der Waals surface area contributed by atoms with Crippen molar-refractivity contribution in [3.63, 3.8) is 0 Å². The molecule has 0 bridgehead atoms. The highest BCUT2D eigenvalue weighted by atomic mass is 35.5. The number of nitrogens with one attached hydrogen (secondary N) is 1. The molecule has 4 nitrogen and oxygen atoms in total. The summed E-state index contributed by atoms with van der Waals surface area (Å²) in [6.45, 7) is 4.54. The minimum atomic E-state index is 0.335. The third-order valence-corrected chi connectivity index (χ3v) is 4.26. The van der Waals surface area contributed by atoms with Gasteiger partial charge in [-0.1, -0.05) is 31.9 Å². The zero-order valence-corrected chi connectivity index (χ0v) is 11.0. The van der Waals surface area contributed by atoms with Gasteiger partial charge in [0.15, 0.2) is 5.82 Å². The molecule has 94 valence electrons. The molecule has 0 aromatic carbocycles. The summed E-state index contributed by atoms with van der Waals surface area (Å²) in [6, 6.07) is 0.437. The van der Waals surface area contributed by atoms with Crippen LogP contribution in [0.4, 0.5) is 11.6 Å². The molecule has 1 heterocycles. The van der Waals surface area contributed by atoms with Crippen molar-refractivity contribution in [1.82, 2.24) is 9.97 Å². The van der Waals surface area contributed by atoms with E-state index in [4.69, 9.17) is 17.3 Å². The highest BCUT2D eigenvalue weighted by Crippen LogP contribution is 2.36. The molecule has 0 spiro atoms. The van der Waals surface area contributed by atoms with Gasteiger partial charge in [0.05, 0.1) is 0 Å². The molecule has 17 heavy (non-hydrogen) atoms. The Hall–Kier alpha value is -1.03. The van der Waals surface area contributed by atoms with Crippen molar-refractivity contribution >= 4 is 23.2 Å². The zero-order valence-electron chi connectivity index (χ0n) is 10.3. The molecule has 0 aliphatic heterocycles. The molecule has 1 aliphatic carbocycles. The number of anilines is 2. The van der Waals surface area contributed by atoms with Crippen LogP contribution in [0.25, 0.3) is 0 Å². The van der Waals surface area contributed by atoms with E-state index in [0.29, 0.717) is 28.6 Å². The van der Waals surface area contributed by atoms with E-state index in [1.807, 2.05) is 0 Å². The molecule has 3 atom stereocenters. The molecule has 1 aromatic rings. The third kappa shape index (κ3) is 2.46. The van der Waals surface area contributed by atoms with Gasteiger partial charge in [-0.05, 0) is 24.7 Å². The van der Waals surface area contributed by atoms with Crippen LogP contribution in [0.15, 0.2) is 6.33 Å². The molecule has 1 aliphatic rings. The molecule has 1 fully saturated rings. The van der Waals surface area contributed by atoms with Crippen molar-refractivity contribution in [2.45, 2.75) is 39.2 Å². The number of hydrogen-bond acceptors (Lipinski definition) is 4. The molecule has 5 heteroatoms. The maximum Gasteiger partial charge on any atom is 0.150 e. The van der Waals surface area contributed by atoms with Crippen LogP contribution in [-0.2, 0) is 0 Å². The fourth-order valence-corrected chi connectivity index (χ4v) is 2.84. The molecule has 2 rings (SSSR count). The maximum atomic E-state index is 6.08. The van der Waals surface area contributed by atoms with E-state index < -0.39 is 0 Å². The van der Waals surface area contributed by atoms with E-state index in [0.717, 1.165) is 5.92 Å². The van der Waals surface area contributed by atoms with Gasteiger partial charge in [-0.25, -0.2) is 9.97 Å². The van der Waals surface area contributed by atoms with Gasteiger partial charge in [0.2, 0.25) is 0 Å². The zero-order chi connectivity index (χ0) is 12.4. The van der Waals surface area contributed by atoms with E-state index in [9.17, 15) is 0 Å². The number of nitrogens with zero attached hydrogens (tertiary/aromatic N) is 2. The molecule has 0 amide bonds. The van der Waals surface area contributed by atoms with E-state index >= 15 is 0 Å². The molecule has 3 N–H and O–H groups in total. The fraction of sp³-hybridized carbons (Fsp3) is 0.667. The Morgan fingerprint density at radius 1 is 1.47 bits per heavy atom. The topological polar surface area (TPSA) is 63.8 Å². The van der Waals surface area contributed by atoms with Gasteiger partial charge in [-0.3, -0.25) is 0 Å². The SMILES string of the molecule is CCC1CCC(Nc2ncnc(N)c2Cl)C1C. The van der Waals surface area contributed by atoms with Crippen LogP contribution in [0.5, 0.6) is 0 Å². The number of rotatable bonds is 3. The van der Waals surface area contributed by atoms with Gasteiger partial charge >= 0.3 is 0 Å². The monoisotopic (exact) mass is 254 g/mol. The van der Waals surface area contributed by atoms with Crippen LogP contribution in [-0.4, -0.2) is 16.0 Å². The van der Waals surface area contributed by atoms with Crippen molar-refractivity contribution in [2.75, 3.05) is 11.1 Å². The van der Waals surface area contributed by atoms with Crippen LogP contribution in [0.3, 0.4) is 0 Å². The first kappa shape index (κ1) is 12.4. The normalized spacial score (nSPS) is 28.3. The maximum absolute atomic E-state index is 6.08. The lowest BCUT2D eigenvalue weighted by Crippen LogP contribution is -2.25. The molecule has 3 unspecified atom stereocenters. The molecule has 0 radical (unpaired) electrons. The predicted octanol–water partition coefficient (Wildman–Crippen LogP) is 2.95. The van der Waals surface area contributed by atoms with E-state index in [1.54, 1.807) is 0 Å². The van der Waals surface area contributed by atoms with Crippen molar-refractivity contribution in [3.05, 3.63) is 11.3 Å². The first-order valence-electron chi connectivity index (χ1n) is 6.16. The van der Waals surface area contributed by atoms with Crippen LogP contribution in [0, 0.1) is 11.8 Å². The summed E-state index contributed by atoms with van der Waals surface area (Å²) in [4.78, 5) is 8.01. The molecular weight excluding hydrogens is 236 g/mol.